The molecule has 3 aromatic rings. The molecule has 0 amide bonds. The predicted molar refractivity (Wildman–Crippen MR) is 103 cm³/mol. The lowest BCUT2D eigenvalue weighted by Gasteiger charge is -2.18. The van der Waals surface area contributed by atoms with E-state index in [9.17, 15) is 4.79 Å². The topological polar surface area (TPSA) is 74.5 Å². The van der Waals surface area contributed by atoms with Gasteiger partial charge in [-0.05, 0) is 32.9 Å². The number of carbonyl (C=O) groups excluding carboxylic acids is 1. The van der Waals surface area contributed by atoms with Gasteiger partial charge in [0, 0.05) is 10.8 Å². The van der Waals surface area contributed by atoms with E-state index in [1.807, 2.05) is 57.2 Å². The molecule has 6 heteroatoms. The van der Waals surface area contributed by atoms with Crippen LogP contribution in [0.15, 0.2) is 40.9 Å². The van der Waals surface area contributed by atoms with Crippen LogP contribution < -0.4 is 4.74 Å². The summed E-state index contributed by atoms with van der Waals surface area (Å²) in [5.41, 5.74) is 1.66. The number of hydrogen-bond donors (Lipinski definition) is 0. The fourth-order valence-electron chi connectivity index (χ4n) is 2.63. The van der Waals surface area contributed by atoms with Crippen LogP contribution in [-0.2, 0) is 10.2 Å². The standard InChI is InChI=1S/C21H24N2O4/c1-20(2,3)17-16(15-12-11-13-9-7-8-10-14(13)22-15)18(27-23-17)25-19(24)26-21(4,5)6/h7-12H,1-6H3. The van der Waals surface area contributed by atoms with E-state index in [0.717, 1.165) is 10.9 Å². The molecule has 0 aliphatic heterocycles. The highest BCUT2D eigenvalue weighted by Crippen LogP contribution is 2.39. The second-order valence-electron chi connectivity index (χ2n) is 8.40. The first-order valence-corrected chi connectivity index (χ1v) is 8.82. The van der Waals surface area contributed by atoms with Crippen molar-refractivity contribution in [2.24, 2.45) is 0 Å². The summed E-state index contributed by atoms with van der Waals surface area (Å²) in [5.74, 6) is -0.0167. The van der Waals surface area contributed by atoms with Gasteiger partial charge in [-0.3, -0.25) is 0 Å². The highest BCUT2D eigenvalue weighted by molar-refractivity contribution is 5.83. The van der Waals surface area contributed by atoms with Gasteiger partial charge >= 0.3 is 12.1 Å². The molecule has 0 radical (unpaired) electrons. The molecule has 3 rings (SSSR count). The summed E-state index contributed by atoms with van der Waals surface area (Å²) in [6.45, 7) is 11.3. The molecular weight excluding hydrogens is 344 g/mol. The number of benzene rings is 1. The second kappa shape index (κ2) is 6.68. The molecule has 2 aromatic heterocycles. The Kier molecular flexibility index (Phi) is 4.68. The SMILES string of the molecule is CC(C)(C)OC(=O)Oc1onc(C(C)(C)C)c1-c1ccc2ccccc2n1. The Morgan fingerprint density at radius 1 is 1.00 bits per heavy atom. The monoisotopic (exact) mass is 368 g/mol. The summed E-state index contributed by atoms with van der Waals surface area (Å²) in [6, 6.07) is 11.6. The number of fused-ring (bicyclic) bond motifs is 1. The van der Waals surface area contributed by atoms with Crippen LogP contribution in [0.5, 0.6) is 5.95 Å². The molecule has 0 unspecified atom stereocenters. The molecule has 0 bridgehead atoms. The smallest absolute Gasteiger partial charge is 0.428 e. The number of carbonyl (C=O) groups is 1. The maximum atomic E-state index is 12.1. The Hall–Kier alpha value is -2.89. The number of hydrogen-bond acceptors (Lipinski definition) is 6. The highest BCUT2D eigenvalue weighted by Gasteiger charge is 2.31. The summed E-state index contributed by atoms with van der Waals surface area (Å²) in [6.07, 6.45) is -0.846. The molecule has 0 aliphatic rings. The first-order valence-electron chi connectivity index (χ1n) is 8.82. The lowest BCUT2D eigenvalue weighted by molar-refractivity contribution is 0.0147. The normalized spacial score (nSPS) is 12.2. The zero-order valence-corrected chi connectivity index (χ0v) is 16.5. The summed E-state index contributed by atoms with van der Waals surface area (Å²) in [4.78, 5) is 16.8. The molecule has 0 spiro atoms. The molecule has 27 heavy (non-hydrogen) atoms. The number of ether oxygens (including phenoxy) is 2. The minimum absolute atomic E-state index is 0.0167. The quantitative estimate of drug-likeness (QED) is 0.556. The number of nitrogens with zero attached hydrogens (tertiary/aromatic N) is 2. The predicted octanol–water partition coefficient (Wildman–Crippen LogP) is 5.50. The fraction of sp³-hybridized carbons (Fsp3) is 0.381. The zero-order chi connectivity index (χ0) is 19.8. The van der Waals surface area contributed by atoms with Crippen molar-refractivity contribution < 1.29 is 18.8 Å². The Bertz CT molecular complexity index is 978. The molecule has 0 saturated heterocycles. The van der Waals surface area contributed by atoms with Crippen molar-refractivity contribution in [3.05, 3.63) is 42.1 Å². The van der Waals surface area contributed by atoms with Gasteiger partial charge in [-0.25, -0.2) is 9.78 Å². The van der Waals surface area contributed by atoms with E-state index >= 15 is 0 Å². The molecule has 0 N–H and O–H groups in total. The summed E-state index contributed by atoms with van der Waals surface area (Å²) >= 11 is 0. The van der Waals surface area contributed by atoms with Gasteiger partial charge in [0.1, 0.15) is 16.9 Å². The molecule has 0 atom stereocenters. The number of aromatic nitrogens is 2. The summed E-state index contributed by atoms with van der Waals surface area (Å²) in [7, 11) is 0. The maximum Gasteiger partial charge on any atom is 0.516 e. The third-order valence-electron chi connectivity index (χ3n) is 3.79. The van der Waals surface area contributed by atoms with Crippen LogP contribution in [0.1, 0.15) is 47.2 Å². The van der Waals surface area contributed by atoms with Gasteiger partial charge in [0.25, 0.3) is 0 Å². The van der Waals surface area contributed by atoms with E-state index in [1.165, 1.54) is 0 Å². The van der Waals surface area contributed by atoms with E-state index in [4.69, 9.17) is 19.0 Å². The molecule has 0 aliphatic carbocycles. The van der Waals surface area contributed by atoms with Gasteiger partial charge in [-0.2, -0.15) is 0 Å². The van der Waals surface area contributed by atoms with Crippen LogP contribution in [0.2, 0.25) is 0 Å². The maximum absolute atomic E-state index is 12.1. The minimum atomic E-state index is -0.846. The van der Waals surface area contributed by atoms with Crippen LogP contribution >= 0.6 is 0 Å². The molecule has 6 nitrogen and oxygen atoms in total. The molecule has 0 saturated carbocycles. The molecule has 142 valence electrons. The molecule has 1 aromatic carbocycles. The number of pyridine rings is 1. The van der Waals surface area contributed by atoms with E-state index in [1.54, 1.807) is 20.8 Å². The largest absolute Gasteiger partial charge is 0.516 e. The van der Waals surface area contributed by atoms with Crippen LogP contribution in [-0.4, -0.2) is 21.9 Å². The van der Waals surface area contributed by atoms with Gasteiger partial charge in [0.05, 0.1) is 11.2 Å². The minimum Gasteiger partial charge on any atom is -0.428 e. The first-order chi connectivity index (χ1) is 12.5. The van der Waals surface area contributed by atoms with Crippen LogP contribution in [0.25, 0.3) is 22.2 Å². The number of para-hydroxylation sites is 1. The van der Waals surface area contributed by atoms with Crippen molar-refractivity contribution in [3.63, 3.8) is 0 Å². The summed E-state index contributed by atoms with van der Waals surface area (Å²) in [5, 5.41) is 5.16. The second-order valence-corrected chi connectivity index (χ2v) is 8.40. The highest BCUT2D eigenvalue weighted by atomic mass is 16.8. The fourth-order valence-corrected chi connectivity index (χ4v) is 2.63. The van der Waals surface area contributed by atoms with E-state index in [2.05, 4.69) is 5.16 Å². The molecular formula is C21H24N2O4. The van der Waals surface area contributed by atoms with Crippen molar-refractivity contribution in [2.75, 3.05) is 0 Å². The van der Waals surface area contributed by atoms with Crippen LogP contribution in [0.4, 0.5) is 4.79 Å². The van der Waals surface area contributed by atoms with Gasteiger partial charge in [0.2, 0.25) is 0 Å². The van der Waals surface area contributed by atoms with Gasteiger partial charge in [-0.1, -0.05) is 50.2 Å². The third kappa shape index (κ3) is 4.27. The van der Waals surface area contributed by atoms with E-state index < -0.39 is 11.8 Å². The van der Waals surface area contributed by atoms with Crippen LogP contribution in [0, 0.1) is 0 Å². The average molecular weight is 368 g/mol. The Labute approximate surface area is 158 Å². The lowest BCUT2D eigenvalue weighted by Crippen LogP contribution is -2.26. The Morgan fingerprint density at radius 3 is 2.37 bits per heavy atom. The lowest BCUT2D eigenvalue weighted by atomic mass is 9.88. The van der Waals surface area contributed by atoms with Crippen molar-refractivity contribution in [1.82, 2.24) is 10.1 Å². The van der Waals surface area contributed by atoms with Crippen molar-refractivity contribution in [1.29, 1.82) is 0 Å². The molecule has 0 fully saturated rings. The van der Waals surface area contributed by atoms with Crippen LogP contribution in [0.3, 0.4) is 0 Å². The zero-order valence-electron chi connectivity index (χ0n) is 16.5. The average Bonchev–Trinajstić information content (AvgIpc) is 2.96. The third-order valence-corrected chi connectivity index (χ3v) is 3.79. The van der Waals surface area contributed by atoms with Crippen molar-refractivity contribution in [2.45, 2.75) is 52.6 Å². The van der Waals surface area contributed by atoms with E-state index in [0.29, 0.717) is 17.0 Å². The van der Waals surface area contributed by atoms with Crippen molar-refractivity contribution in [3.8, 4) is 17.2 Å². The summed E-state index contributed by atoms with van der Waals surface area (Å²) < 4.78 is 15.9. The van der Waals surface area contributed by atoms with Crippen molar-refractivity contribution >= 4 is 17.1 Å². The van der Waals surface area contributed by atoms with Gasteiger partial charge in [0.15, 0.2) is 0 Å². The van der Waals surface area contributed by atoms with Gasteiger partial charge in [-0.15, -0.1) is 0 Å². The Morgan fingerprint density at radius 2 is 1.70 bits per heavy atom. The van der Waals surface area contributed by atoms with Gasteiger partial charge < -0.3 is 14.0 Å². The van der Waals surface area contributed by atoms with E-state index in [-0.39, 0.29) is 11.4 Å². The number of rotatable bonds is 2. The Balaban J connectivity index is 2.08. The molecule has 2 heterocycles. The first kappa shape index (κ1) is 18.9.